The summed E-state index contributed by atoms with van der Waals surface area (Å²) in [5.41, 5.74) is 0.664. The van der Waals surface area contributed by atoms with E-state index in [1.807, 2.05) is 0 Å². The number of hydrogen-bond donors (Lipinski definition) is 2. The number of carboxylic acid groups (broad SMARTS) is 1. The molecule has 0 aliphatic heterocycles. The molecule has 1 amide bonds. The van der Waals surface area contributed by atoms with E-state index in [2.05, 4.69) is 25.6 Å². The van der Waals surface area contributed by atoms with Crippen LogP contribution in [-0.4, -0.2) is 42.1 Å². The second-order valence-corrected chi connectivity index (χ2v) is 5.70. The summed E-state index contributed by atoms with van der Waals surface area (Å²) >= 11 is 0. The standard InChI is InChI=1S/C17H15FN6O4/c1-9(11-4-3-7-19-14(11)18)28-17(27)21-15-13(22-23-24(15)2)12-6-5-10(8-20-12)16(25)26/h3-9H,1-2H3,(H,21,27)(H,25,26). The van der Waals surface area contributed by atoms with Crippen LogP contribution in [0.25, 0.3) is 11.4 Å². The number of aromatic carboxylic acids is 1. The third kappa shape index (κ3) is 3.92. The smallest absolute Gasteiger partial charge is 0.413 e. The number of amides is 1. The summed E-state index contributed by atoms with van der Waals surface area (Å²) < 4.78 is 20.2. The number of anilines is 1. The molecule has 0 aromatic carbocycles. The molecule has 0 saturated heterocycles. The maximum atomic E-state index is 13.7. The molecule has 28 heavy (non-hydrogen) atoms. The maximum Gasteiger partial charge on any atom is 0.413 e. The third-order valence-electron chi connectivity index (χ3n) is 3.81. The summed E-state index contributed by atoms with van der Waals surface area (Å²) in [7, 11) is 1.54. The van der Waals surface area contributed by atoms with Gasteiger partial charge in [-0.25, -0.2) is 19.3 Å². The topological polar surface area (TPSA) is 132 Å². The summed E-state index contributed by atoms with van der Waals surface area (Å²) in [5, 5.41) is 19.2. The van der Waals surface area contributed by atoms with Crippen molar-refractivity contribution in [3.05, 3.63) is 53.7 Å². The van der Waals surface area contributed by atoms with Gasteiger partial charge in [-0.2, -0.15) is 4.39 Å². The molecule has 0 bridgehead atoms. The van der Waals surface area contributed by atoms with Crippen LogP contribution < -0.4 is 5.32 Å². The van der Waals surface area contributed by atoms with E-state index in [1.54, 1.807) is 7.05 Å². The Morgan fingerprint density at radius 2 is 2.07 bits per heavy atom. The zero-order valence-corrected chi connectivity index (χ0v) is 14.8. The normalized spacial score (nSPS) is 11.7. The quantitative estimate of drug-likeness (QED) is 0.639. The molecule has 3 aromatic heterocycles. The van der Waals surface area contributed by atoms with E-state index in [0.717, 1.165) is 0 Å². The highest BCUT2D eigenvalue weighted by Gasteiger charge is 2.21. The van der Waals surface area contributed by atoms with Crippen molar-refractivity contribution in [1.29, 1.82) is 0 Å². The minimum Gasteiger partial charge on any atom is -0.478 e. The lowest BCUT2D eigenvalue weighted by molar-refractivity contribution is 0.0696. The largest absolute Gasteiger partial charge is 0.478 e. The van der Waals surface area contributed by atoms with Crippen molar-refractivity contribution in [2.24, 2.45) is 7.05 Å². The maximum absolute atomic E-state index is 13.7. The molecule has 0 saturated carbocycles. The van der Waals surface area contributed by atoms with Gasteiger partial charge in [0, 0.05) is 25.0 Å². The number of nitrogens with zero attached hydrogens (tertiary/aromatic N) is 5. The highest BCUT2D eigenvalue weighted by Crippen LogP contribution is 2.25. The number of hydrogen-bond acceptors (Lipinski definition) is 7. The summed E-state index contributed by atoms with van der Waals surface area (Å²) in [6.07, 6.45) is 0.722. The number of nitrogens with one attached hydrogen (secondary N) is 1. The average molecular weight is 386 g/mol. The zero-order valence-electron chi connectivity index (χ0n) is 14.8. The first-order chi connectivity index (χ1) is 13.4. The first kappa shape index (κ1) is 18.9. The van der Waals surface area contributed by atoms with E-state index in [1.165, 1.54) is 48.3 Å². The summed E-state index contributed by atoms with van der Waals surface area (Å²) in [4.78, 5) is 30.7. The van der Waals surface area contributed by atoms with Gasteiger partial charge in [0.25, 0.3) is 0 Å². The van der Waals surface area contributed by atoms with Gasteiger partial charge in [-0.3, -0.25) is 10.3 Å². The molecule has 3 heterocycles. The fourth-order valence-corrected chi connectivity index (χ4v) is 2.38. The molecule has 0 aliphatic rings. The van der Waals surface area contributed by atoms with Crippen LogP contribution in [0.4, 0.5) is 15.0 Å². The zero-order chi connectivity index (χ0) is 20.3. The lowest BCUT2D eigenvalue weighted by Crippen LogP contribution is -2.19. The van der Waals surface area contributed by atoms with Crippen molar-refractivity contribution in [3.63, 3.8) is 0 Å². The highest BCUT2D eigenvalue weighted by molar-refractivity contribution is 5.89. The molecule has 10 nitrogen and oxygen atoms in total. The fourth-order valence-electron chi connectivity index (χ4n) is 2.38. The lowest BCUT2D eigenvalue weighted by atomic mass is 10.2. The van der Waals surface area contributed by atoms with Gasteiger partial charge in [0.05, 0.1) is 11.3 Å². The average Bonchev–Trinajstić information content (AvgIpc) is 3.02. The van der Waals surface area contributed by atoms with Crippen LogP contribution in [0.3, 0.4) is 0 Å². The van der Waals surface area contributed by atoms with Crippen molar-refractivity contribution < 1.29 is 23.8 Å². The minimum atomic E-state index is -1.11. The van der Waals surface area contributed by atoms with Gasteiger partial charge in [0.1, 0.15) is 6.10 Å². The van der Waals surface area contributed by atoms with Gasteiger partial charge < -0.3 is 9.84 Å². The van der Waals surface area contributed by atoms with E-state index in [-0.39, 0.29) is 22.6 Å². The van der Waals surface area contributed by atoms with Crippen molar-refractivity contribution in [2.75, 3.05) is 5.32 Å². The fraction of sp³-hybridized carbons (Fsp3) is 0.176. The molecular formula is C17H15FN6O4. The first-order valence-electron chi connectivity index (χ1n) is 8.04. The number of carboxylic acids is 1. The van der Waals surface area contributed by atoms with Crippen LogP contribution in [0.15, 0.2) is 36.7 Å². The Kier molecular flexibility index (Phi) is 5.25. The van der Waals surface area contributed by atoms with Crippen LogP contribution in [0.5, 0.6) is 0 Å². The van der Waals surface area contributed by atoms with Gasteiger partial charge in [-0.05, 0) is 31.2 Å². The number of ether oxygens (including phenoxy) is 1. The summed E-state index contributed by atoms with van der Waals surface area (Å²) in [6.45, 7) is 1.51. The van der Waals surface area contributed by atoms with Crippen LogP contribution in [-0.2, 0) is 11.8 Å². The first-order valence-corrected chi connectivity index (χ1v) is 8.04. The van der Waals surface area contributed by atoms with Gasteiger partial charge in [-0.15, -0.1) is 5.10 Å². The predicted molar refractivity (Wildman–Crippen MR) is 93.9 cm³/mol. The summed E-state index contributed by atoms with van der Waals surface area (Å²) in [6, 6.07) is 5.79. The number of halogens is 1. The second-order valence-electron chi connectivity index (χ2n) is 5.70. The molecule has 1 unspecified atom stereocenters. The number of carbonyl (C=O) groups excluding carboxylic acids is 1. The Bertz CT molecular complexity index is 1020. The van der Waals surface area contributed by atoms with Crippen molar-refractivity contribution >= 4 is 17.9 Å². The number of pyridine rings is 2. The Morgan fingerprint density at radius 3 is 2.71 bits per heavy atom. The second kappa shape index (κ2) is 7.78. The van der Waals surface area contributed by atoms with Crippen molar-refractivity contribution in [1.82, 2.24) is 25.0 Å². The van der Waals surface area contributed by atoms with Crippen LogP contribution in [0.2, 0.25) is 0 Å². The third-order valence-corrected chi connectivity index (χ3v) is 3.81. The minimum absolute atomic E-state index is 0.00822. The number of aromatic nitrogens is 5. The molecule has 3 aromatic rings. The Morgan fingerprint density at radius 1 is 1.29 bits per heavy atom. The highest BCUT2D eigenvalue weighted by atomic mass is 19.1. The molecule has 0 radical (unpaired) electrons. The molecule has 3 rings (SSSR count). The molecular weight excluding hydrogens is 371 g/mol. The van der Waals surface area contributed by atoms with Crippen LogP contribution >= 0.6 is 0 Å². The van der Waals surface area contributed by atoms with Gasteiger partial charge in [-0.1, -0.05) is 5.21 Å². The SMILES string of the molecule is CC(OC(=O)Nc1c(-c2ccc(C(=O)O)cn2)nnn1C)c1cccnc1F. The van der Waals surface area contributed by atoms with E-state index in [4.69, 9.17) is 9.84 Å². The van der Waals surface area contributed by atoms with Crippen LogP contribution in [0, 0.1) is 5.95 Å². The number of rotatable bonds is 5. The number of carbonyl (C=O) groups is 2. The molecule has 1 atom stereocenters. The van der Waals surface area contributed by atoms with Gasteiger partial charge in [0.15, 0.2) is 11.5 Å². The number of aryl methyl sites for hydroxylation is 1. The molecule has 2 N–H and O–H groups in total. The van der Waals surface area contributed by atoms with E-state index in [0.29, 0.717) is 5.69 Å². The molecule has 0 aliphatic carbocycles. The monoisotopic (exact) mass is 386 g/mol. The predicted octanol–water partition coefficient (Wildman–Crippen LogP) is 2.42. The van der Waals surface area contributed by atoms with Gasteiger partial charge in [0.2, 0.25) is 5.95 Å². The molecule has 144 valence electrons. The Labute approximate surface area is 158 Å². The lowest BCUT2D eigenvalue weighted by Gasteiger charge is -2.14. The summed E-state index contributed by atoms with van der Waals surface area (Å²) in [5.74, 6) is -1.66. The van der Waals surface area contributed by atoms with E-state index >= 15 is 0 Å². The Hall–Kier alpha value is -3.89. The molecule has 0 fully saturated rings. The molecule has 11 heteroatoms. The van der Waals surface area contributed by atoms with Crippen molar-refractivity contribution in [3.8, 4) is 11.4 Å². The van der Waals surface area contributed by atoms with E-state index < -0.39 is 24.1 Å². The van der Waals surface area contributed by atoms with E-state index in [9.17, 15) is 14.0 Å². The van der Waals surface area contributed by atoms with Crippen molar-refractivity contribution in [2.45, 2.75) is 13.0 Å². The van der Waals surface area contributed by atoms with Crippen LogP contribution in [0.1, 0.15) is 28.9 Å². The van der Waals surface area contributed by atoms with Gasteiger partial charge >= 0.3 is 12.1 Å². The Balaban J connectivity index is 1.77. The molecule has 0 spiro atoms.